The average molecular weight is 178 g/mol. The quantitative estimate of drug-likeness (QED) is 0.361. The first-order valence-electron chi connectivity index (χ1n) is 3.91. The van der Waals surface area contributed by atoms with E-state index < -0.39 is 0 Å². The molecule has 0 rings (SSSR count). The van der Waals surface area contributed by atoms with E-state index >= 15 is 0 Å². The van der Waals surface area contributed by atoms with Gasteiger partial charge in [0.1, 0.15) is 0 Å². The Morgan fingerprint density at radius 2 is 0.833 bits per heavy atom. The normalized spacial score (nSPS) is 12.0. The van der Waals surface area contributed by atoms with Crippen LogP contribution in [-0.2, 0) is 9.78 Å². The highest BCUT2D eigenvalue weighted by Crippen LogP contribution is 2.14. The molecule has 4 nitrogen and oxygen atoms in total. The smallest absolute Gasteiger partial charge is 0.0952 e. The third-order valence-electron chi connectivity index (χ3n) is 0.542. The van der Waals surface area contributed by atoms with Crippen LogP contribution in [0.3, 0.4) is 0 Å². The number of nitrogens with two attached hydrogens (primary N) is 2. The zero-order valence-electron chi connectivity index (χ0n) is 8.97. The molecule has 4 N–H and O–H groups in total. The minimum Gasteiger partial charge on any atom is -0.274 e. The molecule has 0 bridgehead atoms. The molecular formula is C8H22N2O2. The van der Waals surface area contributed by atoms with Crippen molar-refractivity contribution in [2.75, 3.05) is 0 Å². The van der Waals surface area contributed by atoms with Gasteiger partial charge in [0.15, 0.2) is 0 Å². The highest BCUT2D eigenvalue weighted by molar-refractivity contribution is 4.58. The van der Waals surface area contributed by atoms with E-state index in [9.17, 15) is 0 Å². The van der Waals surface area contributed by atoms with Crippen LogP contribution in [-0.4, -0.2) is 11.2 Å². The lowest BCUT2D eigenvalue weighted by Gasteiger charge is -2.24. The summed E-state index contributed by atoms with van der Waals surface area (Å²) in [5.41, 5.74) is -0.430. The Labute approximate surface area is 75.1 Å². The van der Waals surface area contributed by atoms with Gasteiger partial charge in [-0.1, -0.05) is 0 Å². The second-order valence-electron chi connectivity index (χ2n) is 4.39. The standard InChI is InChI=1S/C8H18O2.H4N2/c1-7(2,3)9-10-8(4,5)6;1-2/h1-6H3;1-2H2. The molecule has 76 valence electrons. The molecule has 0 saturated carbocycles. The van der Waals surface area contributed by atoms with Crippen molar-refractivity contribution in [2.24, 2.45) is 11.7 Å². The Kier molecular flexibility index (Phi) is 6.56. The fraction of sp³-hybridized carbons (Fsp3) is 1.00. The molecule has 0 aliphatic heterocycles. The predicted molar refractivity (Wildman–Crippen MR) is 50.1 cm³/mol. The van der Waals surface area contributed by atoms with Crippen molar-refractivity contribution in [3.05, 3.63) is 0 Å². The summed E-state index contributed by atoms with van der Waals surface area (Å²) in [6.07, 6.45) is 0. The highest BCUT2D eigenvalue weighted by atomic mass is 17.2. The Balaban J connectivity index is 0. The van der Waals surface area contributed by atoms with Gasteiger partial charge in [0.25, 0.3) is 0 Å². The van der Waals surface area contributed by atoms with Crippen LogP contribution in [0.2, 0.25) is 0 Å². The molecule has 0 heterocycles. The lowest BCUT2D eigenvalue weighted by Crippen LogP contribution is -2.27. The fourth-order valence-electron chi connectivity index (χ4n) is 0.250. The van der Waals surface area contributed by atoms with Crippen LogP contribution in [0.25, 0.3) is 0 Å². The van der Waals surface area contributed by atoms with Crippen molar-refractivity contribution in [3.8, 4) is 0 Å². The SMILES string of the molecule is CC(C)(C)OOC(C)(C)C.NN. The summed E-state index contributed by atoms with van der Waals surface area (Å²) in [4.78, 5) is 10.2. The first-order valence-corrected chi connectivity index (χ1v) is 3.91. The number of rotatable bonds is 1. The second-order valence-corrected chi connectivity index (χ2v) is 4.39. The van der Waals surface area contributed by atoms with Crippen LogP contribution >= 0.6 is 0 Å². The van der Waals surface area contributed by atoms with Gasteiger partial charge >= 0.3 is 0 Å². The van der Waals surface area contributed by atoms with Gasteiger partial charge in [0, 0.05) is 0 Å². The van der Waals surface area contributed by atoms with Crippen LogP contribution in [0, 0.1) is 0 Å². The molecule has 0 aromatic rings. The maximum Gasteiger partial charge on any atom is 0.0952 e. The summed E-state index contributed by atoms with van der Waals surface area (Å²) in [6.45, 7) is 11.7. The van der Waals surface area contributed by atoms with Gasteiger partial charge in [0.2, 0.25) is 0 Å². The maximum atomic E-state index is 5.09. The summed E-state index contributed by atoms with van der Waals surface area (Å²) in [6, 6.07) is 0. The van der Waals surface area contributed by atoms with E-state index in [0.29, 0.717) is 0 Å². The molecule has 0 aliphatic rings. The van der Waals surface area contributed by atoms with Crippen molar-refractivity contribution >= 4 is 0 Å². The molecule has 0 amide bonds. The molecule has 12 heavy (non-hydrogen) atoms. The van der Waals surface area contributed by atoms with Crippen LogP contribution in [0.5, 0.6) is 0 Å². The van der Waals surface area contributed by atoms with E-state index in [1.54, 1.807) is 0 Å². The molecular weight excluding hydrogens is 156 g/mol. The second kappa shape index (κ2) is 5.48. The molecule has 4 heteroatoms. The largest absolute Gasteiger partial charge is 0.274 e. The van der Waals surface area contributed by atoms with Crippen molar-refractivity contribution in [1.82, 2.24) is 0 Å². The summed E-state index contributed by atoms with van der Waals surface area (Å²) >= 11 is 0. The summed E-state index contributed by atoms with van der Waals surface area (Å²) in [5.74, 6) is 8.00. The van der Waals surface area contributed by atoms with Crippen molar-refractivity contribution in [1.29, 1.82) is 0 Å². The maximum absolute atomic E-state index is 5.09. The Morgan fingerprint density at radius 1 is 0.667 bits per heavy atom. The topological polar surface area (TPSA) is 70.5 Å². The van der Waals surface area contributed by atoms with E-state index in [-0.39, 0.29) is 11.2 Å². The van der Waals surface area contributed by atoms with Gasteiger partial charge in [-0.25, -0.2) is 9.78 Å². The molecule has 0 aromatic heterocycles. The van der Waals surface area contributed by atoms with Crippen LogP contribution < -0.4 is 11.7 Å². The van der Waals surface area contributed by atoms with E-state index in [4.69, 9.17) is 9.78 Å². The molecule has 0 atom stereocenters. The first-order chi connectivity index (χ1) is 5.21. The van der Waals surface area contributed by atoms with Gasteiger partial charge in [-0.15, -0.1) is 0 Å². The van der Waals surface area contributed by atoms with Crippen LogP contribution in [0.4, 0.5) is 0 Å². The summed E-state index contributed by atoms with van der Waals surface area (Å²) < 4.78 is 0. The van der Waals surface area contributed by atoms with Crippen molar-refractivity contribution < 1.29 is 9.78 Å². The van der Waals surface area contributed by atoms with Gasteiger partial charge in [-0.3, -0.25) is 11.7 Å². The van der Waals surface area contributed by atoms with Crippen molar-refractivity contribution in [3.63, 3.8) is 0 Å². The van der Waals surface area contributed by atoms with Crippen molar-refractivity contribution in [2.45, 2.75) is 52.7 Å². The monoisotopic (exact) mass is 178 g/mol. The average Bonchev–Trinajstić information content (AvgIpc) is 1.86. The Morgan fingerprint density at radius 3 is 0.917 bits per heavy atom. The molecule has 0 unspecified atom stereocenters. The van der Waals surface area contributed by atoms with Gasteiger partial charge in [0.05, 0.1) is 11.2 Å². The van der Waals surface area contributed by atoms with Gasteiger partial charge < -0.3 is 0 Å². The Bertz CT molecular complexity index is 88.6. The lowest BCUT2D eigenvalue weighted by atomic mass is 10.2. The van der Waals surface area contributed by atoms with E-state index in [0.717, 1.165) is 0 Å². The molecule has 0 aromatic carbocycles. The molecule has 0 spiro atoms. The van der Waals surface area contributed by atoms with E-state index in [2.05, 4.69) is 11.7 Å². The van der Waals surface area contributed by atoms with E-state index in [1.165, 1.54) is 0 Å². The highest BCUT2D eigenvalue weighted by Gasteiger charge is 2.18. The minimum absolute atomic E-state index is 0.215. The fourth-order valence-corrected chi connectivity index (χ4v) is 0.250. The number of hydrogen-bond acceptors (Lipinski definition) is 4. The zero-order valence-corrected chi connectivity index (χ0v) is 8.97. The predicted octanol–water partition coefficient (Wildman–Crippen LogP) is 1.35. The van der Waals surface area contributed by atoms with Gasteiger partial charge in [-0.2, -0.15) is 0 Å². The molecule has 0 fully saturated rings. The summed E-state index contributed by atoms with van der Waals surface area (Å²) in [7, 11) is 0. The van der Waals surface area contributed by atoms with E-state index in [1.807, 2.05) is 41.5 Å². The third-order valence-corrected chi connectivity index (χ3v) is 0.542. The summed E-state index contributed by atoms with van der Waals surface area (Å²) in [5, 5.41) is 0. The number of hydrazine groups is 1. The Hall–Kier alpha value is -0.160. The molecule has 0 aliphatic carbocycles. The van der Waals surface area contributed by atoms with Crippen LogP contribution in [0.15, 0.2) is 0 Å². The number of hydrogen-bond donors (Lipinski definition) is 2. The third kappa shape index (κ3) is 16.4. The lowest BCUT2D eigenvalue weighted by molar-refractivity contribution is -0.393. The first kappa shape index (κ1) is 14.4. The van der Waals surface area contributed by atoms with Crippen LogP contribution in [0.1, 0.15) is 41.5 Å². The minimum atomic E-state index is -0.215. The zero-order chi connectivity index (χ0) is 10.4. The van der Waals surface area contributed by atoms with Gasteiger partial charge in [-0.05, 0) is 41.5 Å². The molecule has 0 saturated heterocycles. The molecule has 0 radical (unpaired) electrons.